The van der Waals surface area contributed by atoms with Gasteiger partial charge in [0.25, 0.3) is 0 Å². The minimum absolute atomic E-state index is 0.987. The Kier molecular flexibility index (Phi) is 6.76. The number of fused-ring (bicyclic) bond motifs is 2. The fourth-order valence-corrected chi connectivity index (χ4v) is 14.2. The smallest absolute Gasteiger partial charge is 0.149 e. The maximum atomic E-state index is 7.10. The van der Waals surface area contributed by atoms with Crippen molar-refractivity contribution in [1.29, 1.82) is 0 Å². The first-order chi connectivity index (χ1) is 17.1. The van der Waals surface area contributed by atoms with E-state index in [9.17, 15) is 0 Å². The third-order valence-electron chi connectivity index (χ3n) is 5.24. The maximum absolute atomic E-state index is 7.10. The zero-order valence-corrected chi connectivity index (χ0v) is 23.7. The van der Waals surface area contributed by atoms with E-state index in [1.54, 1.807) is 45.4 Å². The van der Waals surface area contributed by atoms with Crippen LogP contribution in [0.25, 0.3) is 41.6 Å². The largest absolute Gasteiger partial charge is 0.236 e. The molecule has 2 aromatic heterocycles. The molecule has 6 rings (SSSR count). The first-order valence-corrected chi connectivity index (χ1v) is 18.8. The van der Waals surface area contributed by atoms with E-state index in [0.717, 1.165) is 42.0 Å². The van der Waals surface area contributed by atoms with Gasteiger partial charge in [0.1, 0.15) is 13.8 Å². The topological polar surface area (TPSA) is 25.8 Å². The standard InChI is InChI=1S/C26H16ClN2PS5/c27-30(31,34-21-13-5-1-9-17(21)25-28-19-11-3-7-15-23(19)32-25)35-22-14-6-2-10-18(22)26-29-20-12-4-8-16-24(20)33-26/h1-16H. The van der Waals surface area contributed by atoms with Crippen molar-refractivity contribution in [2.24, 2.45) is 0 Å². The predicted molar refractivity (Wildman–Crippen MR) is 162 cm³/mol. The molecule has 0 aliphatic carbocycles. The van der Waals surface area contributed by atoms with Crippen molar-refractivity contribution < 1.29 is 0 Å². The quantitative estimate of drug-likeness (QED) is 0.182. The molecule has 2 nitrogen and oxygen atoms in total. The number of thiazole rings is 2. The summed E-state index contributed by atoms with van der Waals surface area (Å²) in [6.07, 6.45) is 0. The van der Waals surface area contributed by atoms with Gasteiger partial charge < -0.3 is 0 Å². The molecule has 0 spiro atoms. The average molecular weight is 583 g/mol. The van der Waals surface area contributed by atoms with Gasteiger partial charge >= 0.3 is 0 Å². The highest BCUT2D eigenvalue weighted by molar-refractivity contribution is 9.06. The first-order valence-electron chi connectivity index (χ1n) is 10.6. The van der Waals surface area contributed by atoms with Crippen LogP contribution < -0.4 is 0 Å². The second-order valence-corrected chi connectivity index (χ2v) is 23.2. The molecule has 9 heteroatoms. The minimum atomic E-state index is -2.41. The Morgan fingerprint density at radius 1 is 0.600 bits per heavy atom. The van der Waals surface area contributed by atoms with Crippen molar-refractivity contribution in [3.05, 3.63) is 97.1 Å². The maximum Gasteiger partial charge on any atom is 0.149 e. The number of benzene rings is 4. The summed E-state index contributed by atoms with van der Waals surface area (Å²) in [6, 6.07) is 33.0. The van der Waals surface area contributed by atoms with Crippen LogP contribution in [0.5, 0.6) is 0 Å². The van der Waals surface area contributed by atoms with Crippen LogP contribution in [-0.2, 0) is 11.8 Å². The summed E-state index contributed by atoms with van der Waals surface area (Å²) in [4.78, 5) is 11.8. The van der Waals surface area contributed by atoms with E-state index in [4.69, 9.17) is 33.0 Å². The molecule has 0 radical (unpaired) electrons. The van der Waals surface area contributed by atoms with Crippen molar-refractivity contribution in [2.45, 2.75) is 9.79 Å². The van der Waals surface area contributed by atoms with Gasteiger partial charge in [-0.1, -0.05) is 106 Å². The van der Waals surface area contributed by atoms with Gasteiger partial charge in [0.15, 0.2) is 0 Å². The Morgan fingerprint density at radius 3 is 1.46 bits per heavy atom. The van der Waals surface area contributed by atoms with Gasteiger partial charge in [-0.3, -0.25) is 0 Å². The van der Waals surface area contributed by atoms with Crippen molar-refractivity contribution >= 4 is 92.7 Å². The molecule has 0 N–H and O–H groups in total. The van der Waals surface area contributed by atoms with Gasteiger partial charge in [-0.2, -0.15) is 0 Å². The molecule has 0 aliphatic heterocycles. The molecule has 0 aliphatic rings. The average Bonchev–Trinajstić information content (AvgIpc) is 3.48. The Morgan fingerprint density at radius 2 is 1.00 bits per heavy atom. The Hall–Kier alpha value is -1.70. The monoisotopic (exact) mass is 582 g/mol. The van der Waals surface area contributed by atoms with E-state index in [1.807, 2.05) is 60.7 Å². The third-order valence-corrected chi connectivity index (χ3v) is 15.3. The summed E-state index contributed by atoms with van der Waals surface area (Å²) < 4.78 is -0.0618. The zero-order chi connectivity index (χ0) is 23.8. The molecule has 0 atom stereocenters. The van der Waals surface area contributed by atoms with Crippen molar-refractivity contribution in [3.8, 4) is 21.1 Å². The van der Waals surface area contributed by atoms with Crippen LogP contribution in [-0.4, -0.2) is 9.97 Å². The summed E-state index contributed by atoms with van der Waals surface area (Å²) in [5.74, 6) is 0. The van der Waals surface area contributed by atoms with Crippen LogP contribution in [0.2, 0.25) is 0 Å². The van der Waals surface area contributed by atoms with Crippen molar-refractivity contribution in [1.82, 2.24) is 9.97 Å². The van der Waals surface area contributed by atoms with Gasteiger partial charge in [-0.15, -0.1) is 22.7 Å². The zero-order valence-electron chi connectivity index (χ0n) is 18.0. The molecule has 6 aromatic rings. The number of aromatic nitrogens is 2. The van der Waals surface area contributed by atoms with E-state index in [-0.39, 0.29) is 0 Å². The summed E-state index contributed by atoms with van der Waals surface area (Å²) in [7, 11) is 0. The second kappa shape index (κ2) is 9.98. The van der Waals surface area contributed by atoms with E-state index in [2.05, 4.69) is 36.4 Å². The summed E-state index contributed by atoms with van der Waals surface area (Å²) >= 11 is 19.7. The lowest BCUT2D eigenvalue weighted by molar-refractivity contribution is 1.40. The number of para-hydroxylation sites is 2. The van der Waals surface area contributed by atoms with Gasteiger partial charge in [-0.05, 0) is 36.4 Å². The lowest BCUT2D eigenvalue weighted by Crippen LogP contribution is -1.82. The number of rotatable bonds is 6. The molecule has 172 valence electrons. The molecular formula is C26H16ClN2PS5. The second-order valence-electron chi connectivity index (χ2n) is 7.58. The number of nitrogens with zero attached hydrogens (tertiary/aromatic N) is 2. The normalized spacial score (nSPS) is 11.9. The number of hydrogen-bond acceptors (Lipinski definition) is 7. The number of hydrogen-bond donors (Lipinski definition) is 0. The van der Waals surface area contributed by atoms with Crippen LogP contribution in [0.15, 0.2) is 107 Å². The minimum Gasteiger partial charge on any atom is -0.236 e. The summed E-state index contributed by atoms with van der Waals surface area (Å²) in [5, 5.41) is 1.97. The fourth-order valence-electron chi connectivity index (χ4n) is 3.67. The van der Waals surface area contributed by atoms with Gasteiger partial charge in [-0.25, -0.2) is 9.97 Å². The van der Waals surface area contributed by atoms with Crippen LogP contribution in [0.1, 0.15) is 0 Å². The number of halogens is 1. The summed E-state index contributed by atoms with van der Waals surface area (Å²) in [5.41, 5.74) is 4.18. The first kappa shape index (κ1) is 23.7. The lowest BCUT2D eigenvalue weighted by atomic mass is 10.2. The Balaban J connectivity index is 1.32. The molecule has 0 unspecified atom stereocenters. The van der Waals surface area contributed by atoms with E-state index >= 15 is 0 Å². The van der Waals surface area contributed by atoms with Crippen molar-refractivity contribution in [3.63, 3.8) is 0 Å². The van der Waals surface area contributed by atoms with E-state index < -0.39 is 3.79 Å². The predicted octanol–water partition coefficient (Wildman–Crippen LogP) is 10.6. The molecule has 2 heterocycles. The van der Waals surface area contributed by atoms with Crippen LogP contribution in [0.4, 0.5) is 0 Å². The molecule has 0 fully saturated rings. The SMILES string of the molecule is S=P(Cl)(Sc1ccccc1-c1nc2ccccc2s1)Sc1ccccc1-c1nc2ccccc2s1. The van der Waals surface area contributed by atoms with Gasteiger partial charge in [0.05, 0.1) is 20.4 Å². The fraction of sp³-hybridized carbons (Fsp3) is 0. The molecule has 4 aromatic carbocycles. The van der Waals surface area contributed by atoms with Gasteiger partial charge in [0.2, 0.25) is 0 Å². The molecule has 0 saturated carbocycles. The molecular weight excluding hydrogens is 567 g/mol. The lowest BCUT2D eigenvalue weighted by Gasteiger charge is -2.16. The Labute approximate surface area is 229 Å². The molecule has 0 bridgehead atoms. The molecule has 0 amide bonds. The highest BCUT2D eigenvalue weighted by Crippen LogP contribution is 2.78. The van der Waals surface area contributed by atoms with E-state index in [0.29, 0.717) is 0 Å². The van der Waals surface area contributed by atoms with Crippen LogP contribution >= 0.6 is 60.5 Å². The molecule has 35 heavy (non-hydrogen) atoms. The third kappa shape index (κ3) is 5.09. The van der Waals surface area contributed by atoms with Gasteiger partial charge in [0, 0.05) is 20.9 Å². The van der Waals surface area contributed by atoms with Crippen LogP contribution in [0, 0.1) is 0 Å². The Bertz CT molecular complexity index is 1540. The van der Waals surface area contributed by atoms with Crippen LogP contribution in [0.3, 0.4) is 0 Å². The van der Waals surface area contributed by atoms with Crippen molar-refractivity contribution in [2.75, 3.05) is 0 Å². The highest BCUT2D eigenvalue weighted by atomic mass is 35.7. The summed E-state index contributed by atoms with van der Waals surface area (Å²) in [6.45, 7) is 0. The molecule has 0 saturated heterocycles. The van der Waals surface area contributed by atoms with E-state index in [1.165, 1.54) is 9.40 Å². The highest BCUT2D eigenvalue weighted by Gasteiger charge is 2.23.